The minimum atomic E-state index is -0.452. The minimum Gasteiger partial charge on any atom is -0.496 e. The van der Waals surface area contributed by atoms with Gasteiger partial charge >= 0.3 is 5.97 Å². The van der Waals surface area contributed by atoms with Gasteiger partial charge in [-0.1, -0.05) is 6.07 Å². The molecule has 1 aromatic carbocycles. The molecule has 0 aliphatic heterocycles. The average molecular weight is 363 g/mol. The fraction of sp³-hybridized carbons (Fsp3) is 0.333. The van der Waals surface area contributed by atoms with Gasteiger partial charge in [0.2, 0.25) is 0 Å². The highest BCUT2D eigenvalue weighted by Gasteiger charge is 2.25. The average Bonchev–Trinajstić information content (AvgIpc) is 2.87. The number of hydrogen-bond donors (Lipinski definition) is 1. The van der Waals surface area contributed by atoms with Crippen LogP contribution in [-0.2, 0) is 4.74 Å². The fourth-order valence-electron chi connectivity index (χ4n) is 2.40. The number of methoxy groups -OCH3 is 2. The van der Waals surface area contributed by atoms with E-state index in [4.69, 9.17) is 14.2 Å². The number of aryl methyl sites for hydroxylation is 1. The maximum atomic E-state index is 12.8. The summed E-state index contributed by atoms with van der Waals surface area (Å²) >= 11 is 1.33. The Bertz CT molecular complexity index is 775. The molecule has 7 heteroatoms. The molecule has 0 spiro atoms. The highest BCUT2D eigenvalue weighted by molar-refractivity contribution is 7.16. The van der Waals surface area contributed by atoms with Gasteiger partial charge in [0.1, 0.15) is 22.1 Å². The predicted molar refractivity (Wildman–Crippen MR) is 97.2 cm³/mol. The summed E-state index contributed by atoms with van der Waals surface area (Å²) in [6, 6.07) is 5.08. The first-order chi connectivity index (χ1) is 11.9. The number of hydrogen-bond acceptors (Lipinski definition) is 6. The van der Waals surface area contributed by atoms with Gasteiger partial charge in [-0.15, -0.1) is 11.3 Å². The number of ether oxygens (including phenoxy) is 3. The number of amides is 1. The van der Waals surface area contributed by atoms with Gasteiger partial charge in [-0.3, -0.25) is 4.79 Å². The number of esters is 1. The third-order valence-corrected chi connectivity index (χ3v) is 4.87. The van der Waals surface area contributed by atoms with Gasteiger partial charge in [0.25, 0.3) is 5.91 Å². The van der Waals surface area contributed by atoms with Crippen molar-refractivity contribution in [2.24, 2.45) is 0 Å². The zero-order valence-corrected chi connectivity index (χ0v) is 15.7. The molecule has 0 bridgehead atoms. The SMILES string of the molecule is CCOC(=O)c1c(NC(=O)c2c(OC)cccc2OC)sc(C)c1C. The zero-order chi connectivity index (χ0) is 18.6. The van der Waals surface area contributed by atoms with Crippen molar-refractivity contribution in [1.82, 2.24) is 0 Å². The lowest BCUT2D eigenvalue weighted by Crippen LogP contribution is -2.16. The largest absolute Gasteiger partial charge is 0.496 e. The normalized spacial score (nSPS) is 10.3. The van der Waals surface area contributed by atoms with E-state index in [2.05, 4.69) is 5.32 Å². The monoisotopic (exact) mass is 363 g/mol. The number of nitrogens with one attached hydrogen (secondary N) is 1. The second kappa shape index (κ2) is 8.02. The lowest BCUT2D eigenvalue weighted by atomic mass is 10.1. The first-order valence-electron chi connectivity index (χ1n) is 7.74. The summed E-state index contributed by atoms with van der Waals surface area (Å²) in [7, 11) is 2.96. The molecule has 2 aromatic rings. The molecular formula is C18H21NO5S. The Morgan fingerprint density at radius 1 is 1.08 bits per heavy atom. The second-order valence-electron chi connectivity index (χ2n) is 5.20. The van der Waals surface area contributed by atoms with Gasteiger partial charge in [-0.05, 0) is 38.5 Å². The Balaban J connectivity index is 2.43. The summed E-state index contributed by atoms with van der Waals surface area (Å²) < 4.78 is 15.6. The lowest BCUT2D eigenvalue weighted by Gasteiger charge is -2.13. The third-order valence-electron chi connectivity index (χ3n) is 3.75. The maximum absolute atomic E-state index is 12.8. The van der Waals surface area contributed by atoms with Crippen LogP contribution in [0.15, 0.2) is 18.2 Å². The molecule has 0 aliphatic rings. The molecule has 25 heavy (non-hydrogen) atoms. The molecule has 0 aliphatic carbocycles. The van der Waals surface area contributed by atoms with Gasteiger partial charge in [-0.2, -0.15) is 0 Å². The molecule has 1 aromatic heterocycles. The van der Waals surface area contributed by atoms with E-state index in [1.165, 1.54) is 25.6 Å². The number of carbonyl (C=O) groups is 2. The van der Waals surface area contributed by atoms with Crippen LogP contribution in [0.4, 0.5) is 5.00 Å². The van der Waals surface area contributed by atoms with Crippen molar-refractivity contribution < 1.29 is 23.8 Å². The summed E-state index contributed by atoms with van der Waals surface area (Å²) in [6.07, 6.45) is 0. The highest BCUT2D eigenvalue weighted by Crippen LogP contribution is 2.35. The second-order valence-corrected chi connectivity index (χ2v) is 6.42. The van der Waals surface area contributed by atoms with Crippen molar-refractivity contribution in [1.29, 1.82) is 0 Å². The van der Waals surface area contributed by atoms with E-state index >= 15 is 0 Å². The summed E-state index contributed by atoms with van der Waals surface area (Å²) in [6.45, 7) is 5.73. The number of rotatable bonds is 6. The van der Waals surface area contributed by atoms with Crippen molar-refractivity contribution in [3.8, 4) is 11.5 Å². The smallest absolute Gasteiger partial charge is 0.341 e. The molecule has 1 heterocycles. The Morgan fingerprint density at radius 3 is 2.20 bits per heavy atom. The predicted octanol–water partition coefficient (Wildman–Crippen LogP) is 3.81. The van der Waals surface area contributed by atoms with E-state index < -0.39 is 11.9 Å². The van der Waals surface area contributed by atoms with Gasteiger partial charge in [0.05, 0.1) is 26.4 Å². The van der Waals surface area contributed by atoms with Crippen LogP contribution in [0, 0.1) is 13.8 Å². The van der Waals surface area contributed by atoms with E-state index in [1.807, 2.05) is 13.8 Å². The third kappa shape index (κ3) is 3.76. The first-order valence-corrected chi connectivity index (χ1v) is 8.55. The maximum Gasteiger partial charge on any atom is 0.341 e. The van der Waals surface area contributed by atoms with Crippen LogP contribution in [0.5, 0.6) is 11.5 Å². The molecule has 0 unspecified atom stereocenters. The van der Waals surface area contributed by atoms with E-state index in [0.29, 0.717) is 22.1 Å². The van der Waals surface area contributed by atoms with E-state index in [0.717, 1.165) is 10.4 Å². The summed E-state index contributed by atoms with van der Waals surface area (Å²) in [5.74, 6) is -0.0909. The summed E-state index contributed by atoms with van der Waals surface area (Å²) in [4.78, 5) is 26.0. The molecule has 0 atom stereocenters. The Hall–Kier alpha value is -2.54. The van der Waals surface area contributed by atoms with Crippen LogP contribution in [0.1, 0.15) is 38.1 Å². The molecular weight excluding hydrogens is 342 g/mol. The van der Waals surface area contributed by atoms with Gasteiger partial charge in [0.15, 0.2) is 0 Å². The Morgan fingerprint density at radius 2 is 1.68 bits per heavy atom. The minimum absolute atomic E-state index is 0.265. The first kappa shape index (κ1) is 18.8. The zero-order valence-electron chi connectivity index (χ0n) is 14.9. The number of benzene rings is 1. The molecule has 134 valence electrons. The van der Waals surface area contributed by atoms with Crippen LogP contribution in [0.2, 0.25) is 0 Å². The summed E-state index contributed by atoms with van der Waals surface area (Å²) in [5, 5.41) is 3.25. The Labute approximate surface area is 150 Å². The van der Waals surface area contributed by atoms with Crippen molar-refractivity contribution in [2.75, 3.05) is 26.1 Å². The topological polar surface area (TPSA) is 73.9 Å². The fourth-order valence-corrected chi connectivity index (χ4v) is 3.45. The number of thiophene rings is 1. The molecule has 1 amide bonds. The molecule has 0 saturated carbocycles. The van der Waals surface area contributed by atoms with E-state index in [-0.39, 0.29) is 12.2 Å². The van der Waals surface area contributed by atoms with Crippen molar-refractivity contribution in [3.63, 3.8) is 0 Å². The van der Waals surface area contributed by atoms with Crippen molar-refractivity contribution in [3.05, 3.63) is 39.8 Å². The standard InChI is InChI=1S/C18H21NO5S/c1-6-24-18(21)14-10(2)11(3)25-17(14)19-16(20)15-12(22-4)8-7-9-13(15)23-5/h7-9H,6H2,1-5H3,(H,19,20). The quantitative estimate of drug-likeness (QED) is 0.790. The summed E-state index contributed by atoms with van der Waals surface area (Å²) in [5.41, 5.74) is 1.45. The van der Waals surface area contributed by atoms with Crippen LogP contribution >= 0.6 is 11.3 Å². The Kier molecular flexibility index (Phi) is 6.03. The van der Waals surface area contributed by atoms with E-state index in [1.54, 1.807) is 25.1 Å². The van der Waals surface area contributed by atoms with Crippen LogP contribution < -0.4 is 14.8 Å². The highest BCUT2D eigenvalue weighted by atomic mass is 32.1. The van der Waals surface area contributed by atoms with Gasteiger partial charge < -0.3 is 19.5 Å². The lowest BCUT2D eigenvalue weighted by molar-refractivity contribution is 0.0527. The molecule has 6 nitrogen and oxygen atoms in total. The molecule has 1 N–H and O–H groups in total. The van der Waals surface area contributed by atoms with Crippen LogP contribution in [0.25, 0.3) is 0 Å². The van der Waals surface area contributed by atoms with Gasteiger partial charge in [-0.25, -0.2) is 4.79 Å². The van der Waals surface area contributed by atoms with Crippen LogP contribution in [-0.4, -0.2) is 32.7 Å². The molecule has 0 saturated heterocycles. The molecule has 0 radical (unpaired) electrons. The van der Waals surface area contributed by atoms with E-state index in [9.17, 15) is 9.59 Å². The number of anilines is 1. The number of carbonyl (C=O) groups excluding carboxylic acids is 2. The molecule has 0 fully saturated rings. The van der Waals surface area contributed by atoms with Crippen molar-refractivity contribution >= 4 is 28.2 Å². The van der Waals surface area contributed by atoms with Crippen LogP contribution in [0.3, 0.4) is 0 Å². The van der Waals surface area contributed by atoms with Gasteiger partial charge in [0, 0.05) is 4.88 Å². The van der Waals surface area contributed by atoms with Crippen molar-refractivity contribution in [2.45, 2.75) is 20.8 Å². The molecule has 2 rings (SSSR count).